The van der Waals surface area contributed by atoms with Crippen molar-refractivity contribution in [1.82, 2.24) is 14.5 Å². The second-order valence-corrected chi connectivity index (χ2v) is 12.5. The molecule has 1 N–H and O–H groups in total. The minimum absolute atomic E-state index is 0.121. The lowest BCUT2D eigenvalue weighted by atomic mass is 9.87. The van der Waals surface area contributed by atoms with Crippen LogP contribution in [0.5, 0.6) is 0 Å². The van der Waals surface area contributed by atoms with Crippen LogP contribution >= 0.6 is 11.6 Å². The Morgan fingerprint density at radius 1 is 1.23 bits per heavy atom. The normalized spacial score (nSPS) is 17.7. The second kappa shape index (κ2) is 8.73. The largest absolute Gasteiger partial charge is 0.434 e. The van der Waals surface area contributed by atoms with Crippen molar-refractivity contribution < 1.29 is 25.6 Å². The van der Waals surface area contributed by atoms with Gasteiger partial charge in [-0.1, -0.05) is 24.6 Å². The van der Waals surface area contributed by atoms with Gasteiger partial charge in [-0.2, -0.15) is 4.31 Å². The van der Waals surface area contributed by atoms with Crippen LogP contribution in [0.2, 0.25) is 5.02 Å². The number of aromatic nitrogens is 2. The highest BCUT2D eigenvalue weighted by Gasteiger charge is 2.47. The van der Waals surface area contributed by atoms with E-state index in [0.29, 0.717) is 5.56 Å². The lowest BCUT2D eigenvalue weighted by Gasteiger charge is -2.40. The number of hydrogen-bond acceptors (Lipinski definition) is 7. The van der Waals surface area contributed by atoms with Crippen molar-refractivity contribution in [3.63, 3.8) is 0 Å². The van der Waals surface area contributed by atoms with Gasteiger partial charge in [-0.15, -0.1) is 5.10 Å². The Balaban J connectivity index is 1.99. The van der Waals surface area contributed by atoms with Gasteiger partial charge in [0.05, 0.1) is 11.9 Å². The molecule has 0 spiro atoms. The molecular weight excluding hydrogens is 523 g/mol. The van der Waals surface area contributed by atoms with Crippen molar-refractivity contribution >= 4 is 37.3 Å². The number of halogens is 2. The van der Waals surface area contributed by atoms with E-state index in [1.165, 1.54) is 24.3 Å². The first-order valence-corrected chi connectivity index (χ1v) is 14.0. The minimum atomic E-state index is -4.39. The highest BCUT2D eigenvalue weighted by molar-refractivity contribution is 7.93. The maximum atomic E-state index is 15.1. The lowest BCUT2D eigenvalue weighted by molar-refractivity contribution is 0.241. The van der Waals surface area contributed by atoms with E-state index in [-0.39, 0.29) is 27.1 Å². The first kappa shape index (κ1) is 25.4. The van der Waals surface area contributed by atoms with E-state index in [9.17, 15) is 21.6 Å². The standard InChI is InChI=1S/C21H22ClFN4O6S2/c1-11-5-7-15(23)18(12(11)2)13(3)19(20-24-25-21(28)33-20)27-10-26(34(4,29)30)16-9-14(22)6-8-17(16)35(27,31)32/h5-9,13,19H,10H2,1-4H3,(H,25,28)/t13-,19+/m1/s1. The van der Waals surface area contributed by atoms with Crippen LogP contribution < -0.4 is 10.1 Å². The predicted octanol–water partition coefficient (Wildman–Crippen LogP) is 3.05. The molecule has 3 aromatic rings. The number of aryl methyl sites for hydroxylation is 1. The first-order chi connectivity index (χ1) is 16.2. The molecule has 0 saturated carbocycles. The molecule has 4 rings (SSSR count). The summed E-state index contributed by atoms with van der Waals surface area (Å²) in [5.41, 5.74) is 1.39. The Bertz CT molecular complexity index is 1590. The Labute approximate surface area is 206 Å². The molecule has 0 bridgehead atoms. The van der Waals surface area contributed by atoms with Crippen molar-refractivity contribution in [1.29, 1.82) is 0 Å². The third kappa shape index (κ3) is 4.37. The van der Waals surface area contributed by atoms with Gasteiger partial charge in [0.1, 0.15) is 23.4 Å². The van der Waals surface area contributed by atoms with E-state index in [2.05, 4.69) is 10.2 Å². The topological polar surface area (TPSA) is 134 Å². The van der Waals surface area contributed by atoms with Crippen LogP contribution in [0.4, 0.5) is 10.1 Å². The monoisotopic (exact) mass is 544 g/mol. The van der Waals surface area contributed by atoms with Crippen LogP contribution in [-0.4, -0.2) is 44.3 Å². The molecular formula is C21H22ClFN4O6S2. The van der Waals surface area contributed by atoms with Crippen LogP contribution in [0.15, 0.2) is 44.4 Å². The number of nitrogens with zero attached hydrogens (tertiary/aromatic N) is 3. The summed E-state index contributed by atoms with van der Waals surface area (Å²) >= 11 is 6.03. The van der Waals surface area contributed by atoms with Gasteiger partial charge in [0.15, 0.2) is 0 Å². The van der Waals surface area contributed by atoms with Crippen molar-refractivity contribution in [2.45, 2.75) is 37.6 Å². The molecule has 1 aromatic heterocycles. The summed E-state index contributed by atoms with van der Waals surface area (Å²) in [6.45, 7) is 4.35. The molecule has 1 aliphatic rings. The molecule has 35 heavy (non-hydrogen) atoms. The van der Waals surface area contributed by atoms with Gasteiger partial charge >= 0.3 is 5.76 Å². The van der Waals surface area contributed by atoms with Gasteiger partial charge in [0, 0.05) is 10.9 Å². The van der Waals surface area contributed by atoms with Gasteiger partial charge in [-0.3, -0.25) is 4.31 Å². The van der Waals surface area contributed by atoms with Crippen molar-refractivity contribution in [2.24, 2.45) is 0 Å². The number of anilines is 1. The fraction of sp³-hybridized carbons (Fsp3) is 0.333. The summed E-state index contributed by atoms with van der Waals surface area (Å²) in [6, 6.07) is 5.23. The van der Waals surface area contributed by atoms with E-state index >= 15 is 4.39 Å². The van der Waals surface area contributed by atoms with Gasteiger partial charge in [0.25, 0.3) is 0 Å². The Morgan fingerprint density at radius 3 is 2.51 bits per heavy atom. The third-order valence-corrected chi connectivity index (χ3v) is 9.33. The van der Waals surface area contributed by atoms with Gasteiger partial charge in [0.2, 0.25) is 25.9 Å². The average molecular weight is 545 g/mol. The summed E-state index contributed by atoms with van der Waals surface area (Å²) in [7, 11) is -8.38. The summed E-state index contributed by atoms with van der Waals surface area (Å²) in [6.07, 6.45) is 0.922. The highest BCUT2D eigenvalue weighted by atomic mass is 35.5. The number of aromatic amines is 1. The average Bonchev–Trinajstić information content (AvgIpc) is 3.17. The van der Waals surface area contributed by atoms with Crippen molar-refractivity contribution in [3.05, 3.63) is 74.3 Å². The van der Waals surface area contributed by atoms with Crippen LogP contribution in [-0.2, 0) is 20.0 Å². The predicted molar refractivity (Wildman–Crippen MR) is 127 cm³/mol. The third-order valence-electron chi connectivity index (χ3n) is 6.12. The molecule has 2 aromatic carbocycles. The van der Waals surface area contributed by atoms with Crippen LogP contribution in [0.1, 0.15) is 41.5 Å². The minimum Gasteiger partial charge on any atom is -0.391 e. The van der Waals surface area contributed by atoms with Crippen molar-refractivity contribution in [3.8, 4) is 0 Å². The first-order valence-electron chi connectivity index (χ1n) is 10.3. The number of sulfonamides is 2. The zero-order valence-electron chi connectivity index (χ0n) is 19.1. The van der Waals surface area contributed by atoms with E-state index in [4.69, 9.17) is 16.0 Å². The Morgan fingerprint density at radius 2 is 1.91 bits per heavy atom. The summed E-state index contributed by atoms with van der Waals surface area (Å²) < 4.78 is 74.9. The lowest BCUT2D eigenvalue weighted by Crippen LogP contribution is -2.51. The molecule has 2 heterocycles. The zero-order valence-corrected chi connectivity index (χ0v) is 21.5. The summed E-state index contributed by atoms with van der Waals surface area (Å²) in [5.74, 6) is -2.81. The number of benzene rings is 2. The molecule has 188 valence electrons. The van der Waals surface area contributed by atoms with E-state index in [1.807, 2.05) is 0 Å². The fourth-order valence-corrected chi connectivity index (χ4v) is 7.21. The van der Waals surface area contributed by atoms with E-state index < -0.39 is 50.2 Å². The molecule has 0 radical (unpaired) electrons. The number of H-pyrrole nitrogens is 1. The van der Waals surface area contributed by atoms with E-state index in [1.54, 1.807) is 26.8 Å². The second-order valence-electron chi connectivity index (χ2n) is 8.34. The number of fused-ring (bicyclic) bond motifs is 1. The molecule has 1 aliphatic heterocycles. The molecule has 0 aliphatic carbocycles. The maximum Gasteiger partial charge on any atom is 0.434 e. The highest BCUT2D eigenvalue weighted by Crippen LogP contribution is 2.45. The summed E-state index contributed by atoms with van der Waals surface area (Å²) in [4.78, 5) is 11.5. The molecule has 0 fully saturated rings. The zero-order chi connectivity index (χ0) is 25.9. The molecule has 0 unspecified atom stereocenters. The SMILES string of the molecule is Cc1ccc(F)c([C@@H](C)[C@@H](c2n[nH]c(=O)o2)N2CN(S(C)(=O)=O)c3cc(Cl)ccc3S2(=O)=O)c1C. The maximum absolute atomic E-state index is 15.1. The van der Waals surface area contributed by atoms with Gasteiger partial charge in [-0.25, -0.2) is 31.1 Å². The van der Waals surface area contributed by atoms with Gasteiger partial charge < -0.3 is 4.42 Å². The quantitative estimate of drug-likeness (QED) is 0.521. The Kier molecular flexibility index (Phi) is 6.32. The summed E-state index contributed by atoms with van der Waals surface area (Å²) in [5, 5.41) is 6.05. The molecule has 2 atom stereocenters. The molecule has 14 heteroatoms. The number of hydrogen-bond donors (Lipinski definition) is 1. The fourth-order valence-electron chi connectivity index (χ4n) is 4.31. The molecule has 0 saturated heterocycles. The molecule has 10 nitrogen and oxygen atoms in total. The Hall–Kier alpha value is -2.74. The smallest absolute Gasteiger partial charge is 0.391 e. The van der Waals surface area contributed by atoms with E-state index in [0.717, 1.165) is 20.4 Å². The number of nitrogens with one attached hydrogen (secondary N) is 1. The van der Waals surface area contributed by atoms with Crippen LogP contribution in [0.25, 0.3) is 0 Å². The van der Waals surface area contributed by atoms with Crippen molar-refractivity contribution in [2.75, 3.05) is 17.2 Å². The molecule has 0 amide bonds. The van der Waals surface area contributed by atoms with Crippen LogP contribution in [0.3, 0.4) is 0 Å². The van der Waals surface area contributed by atoms with Gasteiger partial charge in [-0.05, 0) is 54.8 Å². The van der Waals surface area contributed by atoms with Crippen LogP contribution in [0, 0.1) is 19.7 Å². The number of rotatable bonds is 5.